The molecule has 1 heterocycles. The van der Waals surface area contributed by atoms with Gasteiger partial charge in [-0.05, 0) is 18.6 Å². The second-order valence-corrected chi connectivity index (χ2v) is 4.89. The summed E-state index contributed by atoms with van der Waals surface area (Å²) in [7, 11) is 0. The lowest BCUT2D eigenvalue weighted by atomic mass is 10.2. The second kappa shape index (κ2) is 6.65. The van der Waals surface area contributed by atoms with Crippen LogP contribution in [-0.4, -0.2) is 47.0 Å². The molecule has 1 saturated heterocycles. The van der Waals surface area contributed by atoms with Crippen molar-refractivity contribution < 1.29 is 10.2 Å². The van der Waals surface area contributed by atoms with Crippen LogP contribution >= 0.6 is 11.8 Å². The van der Waals surface area contributed by atoms with E-state index in [-0.39, 0.29) is 6.61 Å². The predicted molar refractivity (Wildman–Crippen MR) is 56.1 cm³/mol. The summed E-state index contributed by atoms with van der Waals surface area (Å²) in [6.07, 6.45) is 3.36. The molecule has 1 rings (SSSR count). The summed E-state index contributed by atoms with van der Waals surface area (Å²) in [6.45, 7) is 1.32. The fraction of sp³-hybridized carbons (Fsp3) is 1.00. The van der Waals surface area contributed by atoms with Crippen LogP contribution in [0, 0.1) is 0 Å². The van der Waals surface area contributed by atoms with Crippen LogP contribution in [0.4, 0.5) is 0 Å². The summed E-state index contributed by atoms with van der Waals surface area (Å²) in [5, 5.41) is 21.5. The van der Waals surface area contributed by atoms with Gasteiger partial charge in [-0.1, -0.05) is 6.42 Å². The average Bonchev–Trinajstić information content (AvgIpc) is 2.19. The first-order valence-corrected chi connectivity index (χ1v) is 5.99. The lowest BCUT2D eigenvalue weighted by Gasteiger charge is -2.21. The van der Waals surface area contributed by atoms with E-state index in [4.69, 9.17) is 10.2 Å². The first-order chi connectivity index (χ1) is 6.33. The van der Waals surface area contributed by atoms with Gasteiger partial charge in [0.15, 0.2) is 0 Å². The molecule has 1 fully saturated rings. The summed E-state index contributed by atoms with van der Waals surface area (Å²) in [5.74, 6) is 1.27. The van der Waals surface area contributed by atoms with E-state index in [1.54, 1.807) is 0 Å². The zero-order valence-corrected chi connectivity index (χ0v) is 8.72. The number of hydrogen-bond donors (Lipinski definition) is 3. The normalized spacial score (nSPS) is 25.8. The van der Waals surface area contributed by atoms with Crippen molar-refractivity contribution in [1.82, 2.24) is 5.32 Å². The van der Waals surface area contributed by atoms with E-state index in [1.165, 1.54) is 25.0 Å². The third-order valence-electron chi connectivity index (χ3n) is 2.24. The molecule has 0 radical (unpaired) electrons. The zero-order valence-electron chi connectivity index (χ0n) is 7.91. The molecule has 0 bridgehead atoms. The van der Waals surface area contributed by atoms with Crippen LogP contribution in [0.3, 0.4) is 0 Å². The molecule has 0 aromatic carbocycles. The standard InChI is InChI=1S/C9H19NO2S/c11-7-8(12)5-10-6-9-3-1-2-4-13-9/h8-12H,1-7H2. The Morgan fingerprint density at radius 2 is 2.31 bits per heavy atom. The Morgan fingerprint density at radius 3 is 2.92 bits per heavy atom. The summed E-state index contributed by atoms with van der Waals surface area (Å²) in [6, 6.07) is 0. The fourth-order valence-corrected chi connectivity index (χ4v) is 2.72. The SMILES string of the molecule is OCC(O)CNCC1CCCCS1. The third kappa shape index (κ3) is 4.86. The van der Waals surface area contributed by atoms with Crippen LogP contribution in [0.2, 0.25) is 0 Å². The molecule has 3 nitrogen and oxygen atoms in total. The maximum Gasteiger partial charge on any atom is 0.0894 e. The molecule has 78 valence electrons. The Bertz CT molecular complexity index is 129. The Kier molecular flexibility index (Phi) is 5.78. The zero-order chi connectivity index (χ0) is 9.52. The fourth-order valence-electron chi connectivity index (χ4n) is 1.44. The number of aliphatic hydroxyl groups excluding tert-OH is 2. The average molecular weight is 205 g/mol. The van der Waals surface area contributed by atoms with Gasteiger partial charge in [-0.3, -0.25) is 0 Å². The highest BCUT2D eigenvalue weighted by Crippen LogP contribution is 2.24. The number of hydrogen-bond acceptors (Lipinski definition) is 4. The van der Waals surface area contributed by atoms with Crippen LogP contribution in [0.1, 0.15) is 19.3 Å². The molecule has 0 spiro atoms. The van der Waals surface area contributed by atoms with Gasteiger partial charge < -0.3 is 15.5 Å². The van der Waals surface area contributed by atoms with E-state index in [0.717, 1.165) is 6.54 Å². The van der Waals surface area contributed by atoms with E-state index in [0.29, 0.717) is 11.8 Å². The number of aliphatic hydroxyl groups is 2. The van der Waals surface area contributed by atoms with Crippen molar-refractivity contribution in [3.63, 3.8) is 0 Å². The molecule has 2 atom stereocenters. The minimum Gasteiger partial charge on any atom is -0.394 e. The van der Waals surface area contributed by atoms with Crippen molar-refractivity contribution in [3.05, 3.63) is 0 Å². The molecule has 3 N–H and O–H groups in total. The van der Waals surface area contributed by atoms with E-state index in [9.17, 15) is 0 Å². The molecule has 13 heavy (non-hydrogen) atoms. The molecular weight excluding hydrogens is 186 g/mol. The highest BCUT2D eigenvalue weighted by molar-refractivity contribution is 7.99. The van der Waals surface area contributed by atoms with Crippen molar-refractivity contribution in [1.29, 1.82) is 0 Å². The third-order valence-corrected chi connectivity index (χ3v) is 3.63. The molecular formula is C9H19NO2S. The lowest BCUT2D eigenvalue weighted by molar-refractivity contribution is 0.0946. The van der Waals surface area contributed by atoms with Gasteiger partial charge in [-0.2, -0.15) is 11.8 Å². The predicted octanol–water partition coefficient (Wildman–Crippen LogP) is 0.215. The van der Waals surface area contributed by atoms with E-state index >= 15 is 0 Å². The van der Waals surface area contributed by atoms with Crippen molar-refractivity contribution in [3.8, 4) is 0 Å². The van der Waals surface area contributed by atoms with Gasteiger partial charge in [0.2, 0.25) is 0 Å². The van der Waals surface area contributed by atoms with Crippen LogP contribution in [0.15, 0.2) is 0 Å². The number of rotatable bonds is 5. The molecule has 4 heteroatoms. The minimum absolute atomic E-state index is 0.148. The summed E-state index contributed by atoms with van der Waals surface area (Å²) in [4.78, 5) is 0. The van der Waals surface area contributed by atoms with Crippen molar-refractivity contribution in [2.45, 2.75) is 30.6 Å². The van der Waals surface area contributed by atoms with E-state index in [2.05, 4.69) is 5.32 Å². The van der Waals surface area contributed by atoms with Gasteiger partial charge in [0.25, 0.3) is 0 Å². The molecule has 1 aliphatic rings. The van der Waals surface area contributed by atoms with Crippen molar-refractivity contribution in [2.75, 3.05) is 25.4 Å². The van der Waals surface area contributed by atoms with Gasteiger partial charge in [-0.25, -0.2) is 0 Å². The highest BCUT2D eigenvalue weighted by atomic mass is 32.2. The van der Waals surface area contributed by atoms with Gasteiger partial charge >= 0.3 is 0 Å². The van der Waals surface area contributed by atoms with Gasteiger partial charge in [0.05, 0.1) is 12.7 Å². The first-order valence-electron chi connectivity index (χ1n) is 4.94. The van der Waals surface area contributed by atoms with Gasteiger partial charge in [-0.15, -0.1) is 0 Å². The summed E-state index contributed by atoms with van der Waals surface area (Å²) in [5.41, 5.74) is 0. The lowest BCUT2D eigenvalue weighted by Crippen LogP contribution is -2.34. The van der Waals surface area contributed by atoms with Crippen LogP contribution in [0.25, 0.3) is 0 Å². The van der Waals surface area contributed by atoms with Crippen LogP contribution in [-0.2, 0) is 0 Å². The van der Waals surface area contributed by atoms with Gasteiger partial charge in [0, 0.05) is 18.3 Å². The Labute approximate surface area is 83.9 Å². The molecule has 2 unspecified atom stereocenters. The van der Waals surface area contributed by atoms with E-state index in [1.807, 2.05) is 11.8 Å². The minimum atomic E-state index is -0.603. The van der Waals surface area contributed by atoms with Crippen molar-refractivity contribution >= 4 is 11.8 Å². The largest absolute Gasteiger partial charge is 0.394 e. The second-order valence-electron chi connectivity index (χ2n) is 3.48. The first kappa shape index (κ1) is 11.3. The number of nitrogens with one attached hydrogen (secondary N) is 1. The molecule has 0 aromatic rings. The Balaban J connectivity index is 1.98. The molecule has 0 amide bonds. The summed E-state index contributed by atoms with van der Waals surface area (Å²) < 4.78 is 0. The Hall–Kier alpha value is 0.230. The monoisotopic (exact) mass is 205 g/mol. The van der Waals surface area contributed by atoms with Crippen LogP contribution < -0.4 is 5.32 Å². The highest BCUT2D eigenvalue weighted by Gasteiger charge is 2.13. The maximum atomic E-state index is 9.07. The number of thioether (sulfide) groups is 1. The van der Waals surface area contributed by atoms with Gasteiger partial charge in [0.1, 0.15) is 0 Å². The quantitative estimate of drug-likeness (QED) is 0.601. The summed E-state index contributed by atoms with van der Waals surface area (Å²) >= 11 is 2.02. The molecule has 0 aromatic heterocycles. The molecule has 0 aliphatic carbocycles. The van der Waals surface area contributed by atoms with Crippen molar-refractivity contribution in [2.24, 2.45) is 0 Å². The Morgan fingerprint density at radius 1 is 1.46 bits per heavy atom. The van der Waals surface area contributed by atoms with Crippen LogP contribution in [0.5, 0.6) is 0 Å². The topological polar surface area (TPSA) is 52.5 Å². The molecule has 0 saturated carbocycles. The molecule has 1 aliphatic heterocycles. The maximum absolute atomic E-state index is 9.07. The smallest absolute Gasteiger partial charge is 0.0894 e. The van der Waals surface area contributed by atoms with E-state index < -0.39 is 6.10 Å².